The van der Waals surface area contributed by atoms with E-state index in [-0.39, 0.29) is 0 Å². The van der Waals surface area contributed by atoms with Crippen LogP contribution in [-0.2, 0) is 4.74 Å². The lowest BCUT2D eigenvalue weighted by molar-refractivity contribution is 0.0635. The molecule has 3 N–H and O–H groups in total. The fourth-order valence-corrected chi connectivity index (χ4v) is 1.76. The Hall–Kier alpha value is -1.43. The maximum Gasteiger partial charge on any atom is 0.412 e. The Morgan fingerprint density at radius 3 is 2.50 bits per heavy atom. The van der Waals surface area contributed by atoms with Crippen molar-refractivity contribution in [1.82, 2.24) is 0 Å². The van der Waals surface area contributed by atoms with E-state index in [9.17, 15) is 4.79 Å². The predicted molar refractivity (Wildman–Crippen MR) is 75.0 cm³/mol. The van der Waals surface area contributed by atoms with Crippen molar-refractivity contribution in [3.8, 4) is 5.75 Å². The molecule has 18 heavy (non-hydrogen) atoms. The molecule has 1 amide bonds. The fourth-order valence-electron chi connectivity index (χ4n) is 1.30. The second-order valence-corrected chi connectivity index (χ2v) is 5.61. The summed E-state index contributed by atoms with van der Waals surface area (Å²) in [6.07, 6.45) is -0.574. The van der Waals surface area contributed by atoms with E-state index < -0.39 is 11.7 Å². The molecule has 0 spiro atoms. The zero-order valence-corrected chi connectivity index (χ0v) is 12.4. The third-order valence-electron chi connectivity index (χ3n) is 1.94. The molecule has 5 nitrogen and oxygen atoms in total. The first-order valence-electron chi connectivity index (χ1n) is 5.36. The number of nitrogens with two attached hydrogens (primary N) is 1. The zero-order valence-electron chi connectivity index (χ0n) is 10.8. The van der Waals surface area contributed by atoms with Crippen LogP contribution in [-0.4, -0.2) is 18.8 Å². The monoisotopic (exact) mass is 316 g/mol. The highest BCUT2D eigenvalue weighted by Gasteiger charge is 2.19. The summed E-state index contributed by atoms with van der Waals surface area (Å²) in [6.45, 7) is 5.36. The number of nitrogens with one attached hydrogen (secondary N) is 1. The summed E-state index contributed by atoms with van der Waals surface area (Å²) in [6, 6.07) is 3.39. The highest BCUT2D eigenvalue weighted by Crippen LogP contribution is 2.34. The number of nitrogen functional groups attached to an aromatic ring is 1. The third kappa shape index (κ3) is 4.10. The molecule has 0 aliphatic rings. The minimum atomic E-state index is -0.574. The molecule has 0 saturated heterocycles. The Bertz CT molecular complexity index is 455. The van der Waals surface area contributed by atoms with Crippen molar-refractivity contribution in [2.75, 3.05) is 18.2 Å². The lowest BCUT2D eigenvalue weighted by Crippen LogP contribution is -2.27. The quantitative estimate of drug-likeness (QED) is 0.820. The molecule has 0 atom stereocenters. The van der Waals surface area contributed by atoms with E-state index in [1.165, 1.54) is 7.11 Å². The average Bonchev–Trinajstić information content (AvgIpc) is 2.18. The van der Waals surface area contributed by atoms with Gasteiger partial charge in [-0.15, -0.1) is 0 Å². The molecule has 0 aliphatic heterocycles. The normalized spacial score (nSPS) is 10.9. The molecule has 1 aromatic carbocycles. The van der Waals surface area contributed by atoms with Crippen LogP contribution in [0.1, 0.15) is 20.8 Å². The number of amides is 1. The van der Waals surface area contributed by atoms with Gasteiger partial charge >= 0.3 is 6.09 Å². The molecular formula is C12H17BrN2O3. The molecule has 0 fully saturated rings. The van der Waals surface area contributed by atoms with Gasteiger partial charge in [-0.25, -0.2) is 4.79 Å². The standard InChI is InChI=1S/C12H17BrN2O3/c1-12(2,3)18-11(16)15-10-8(14)5-7(13)6-9(10)17-4/h5-6H,14H2,1-4H3,(H,15,16). The molecule has 0 aromatic heterocycles. The van der Waals surface area contributed by atoms with Gasteiger partial charge in [0.25, 0.3) is 0 Å². The van der Waals surface area contributed by atoms with Gasteiger partial charge in [0.15, 0.2) is 0 Å². The molecule has 0 aliphatic carbocycles. The average molecular weight is 317 g/mol. The van der Waals surface area contributed by atoms with Gasteiger partial charge in [-0.05, 0) is 32.9 Å². The number of hydrogen-bond donors (Lipinski definition) is 2. The largest absolute Gasteiger partial charge is 0.494 e. The summed E-state index contributed by atoms with van der Waals surface area (Å²) in [7, 11) is 1.50. The predicted octanol–water partition coefficient (Wildman–Crippen LogP) is 3.39. The Kier molecular flexibility index (Phi) is 4.45. The summed E-state index contributed by atoms with van der Waals surface area (Å²) in [4.78, 5) is 11.7. The van der Waals surface area contributed by atoms with Crippen LogP contribution in [0.15, 0.2) is 16.6 Å². The minimum Gasteiger partial charge on any atom is -0.494 e. The van der Waals surface area contributed by atoms with Crippen LogP contribution in [0.4, 0.5) is 16.2 Å². The van der Waals surface area contributed by atoms with Gasteiger partial charge in [0.05, 0.1) is 12.8 Å². The second kappa shape index (κ2) is 5.48. The fraction of sp³-hybridized carbons (Fsp3) is 0.417. The molecule has 6 heteroatoms. The van der Waals surface area contributed by atoms with Crippen LogP contribution in [0.5, 0.6) is 5.75 Å². The van der Waals surface area contributed by atoms with Crippen molar-refractivity contribution < 1.29 is 14.3 Å². The molecular weight excluding hydrogens is 300 g/mol. The van der Waals surface area contributed by atoms with Gasteiger partial charge < -0.3 is 15.2 Å². The number of methoxy groups -OCH3 is 1. The Morgan fingerprint density at radius 1 is 1.39 bits per heavy atom. The molecule has 100 valence electrons. The molecule has 1 aromatic rings. The maximum absolute atomic E-state index is 11.7. The van der Waals surface area contributed by atoms with E-state index in [4.69, 9.17) is 15.2 Å². The first-order valence-corrected chi connectivity index (χ1v) is 6.15. The van der Waals surface area contributed by atoms with Crippen LogP contribution in [0, 0.1) is 0 Å². The van der Waals surface area contributed by atoms with Gasteiger partial charge in [-0.3, -0.25) is 5.32 Å². The second-order valence-electron chi connectivity index (χ2n) is 4.70. The number of ether oxygens (including phenoxy) is 2. The number of rotatable bonds is 2. The lowest BCUT2D eigenvalue weighted by atomic mass is 10.2. The lowest BCUT2D eigenvalue weighted by Gasteiger charge is -2.21. The number of benzene rings is 1. The Balaban J connectivity index is 2.94. The molecule has 1 rings (SSSR count). The van der Waals surface area contributed by atoms with E-state index in [1.807, 2.05) is 0 Å². The summed E-state index contributed by atoms with van der Waals surface area (Å²) in [5.41, 5.74) is 6.06. The molecule has 0 saturated carbocycles. The highest BCUT2D eigenvalue weighted by molar-refractivity contribution is 9.10. The molecule has 0 bridgehead atoms. The van der Waals surface area contributed by atoms with Crippen LogP contribution < -0.4 is 15.8 Å². The zero-order chi connectivity index (χ0) is 13.9. The number of hydrogen-bond acceptors (Lipinski definition) is 4. The first kappa shape index (κ1) is 14.6. The van der Waals surface area contributed by atoms with Gasteiger partial charge in [0.1, 0.15) is 17.0 Å². The van der Waals surface area contributed by atoms with E-state index >= 15 is 0 Å². The Morgan fingerprint density at radius 2 is 2.00 bits per heavy atom. The van der Waals surface area contributed by atoms with Crippen molar-refractivity contribution >= 4 is 33.4 Å². The number of anilines is 2. The molecule has 0 heterocycles. The van der Waals surface area contributed by atoms with Gasteiger partial charge in [0.2, 0.25) is 0 Å². The summed E-state index contributed by atoms with van der Waals surface area (Å²) >= 11 is 3.30. The summed E-state index contributed by atoms with van der Waals surface area (Å²) in [5.74, 6) is 0.465. The number of carbonyl (C=O) groups excluding carboxylic acids is 1. The van der Waals surface area contributed by atoms with Crippen LogP contribution in [0.3, 0.4) is 0 Å². The van der Waals surface area contributed by atoms with Crippen molar-refractivity contribution in [3.05, 3.63) is 16.6 Å². The third-order valence-corrected chi connectivity index (χ3v) is 2.40. The first-order chi connectivity index (χ1) is 8.23. The number of carbonyl (C=O) groups is 1. The van der Waals surface area contributed by atoms with Crippen LogP contribution in [0.2, 0.25) is 0 Å². The van der Waals surface area contributed by atoms with E-state index in [0.29, 0.717) is 17.1 Å². The van der Waals surface area contributed by atoms with Gasteiger partial charge in [0, 0.05) is 4.47 Å². The Labute approximate surface area is 115 Å². The number of halogens is 1. The van der Waals surface area contributed by atoms with Crippen LogP contribution in [0.25, 0.3) is 0 Å². The van der Waals surface area contributed by atoms with Gasteiger partial charge in [-0.1, -0.05) is 15.9 Å². The summed E-state index contributed by atoms with van der Waals surface area (Å²) in [5, 5.41) is 2.58. The van der Waals surface area contributed by atoms with Crippen molar-refractivity contribution in [1.29, 1.82) is 0 Å². The summed E-state index contributed by atoms with van der Waals surface area (Å²) < 4.78 is 11.1. The SMILES string of the molecule is COc1cc(Br)cc(N)c1NC(=O)OC(C)(C)C. The minimum absolute atomic E-state index is 0.395. The van der Waals surface area contributed by atoms with Crippen molar-refractivity contribution in [2.45, 2.75) is 26.4 Å². The van der Waals surface area contributed by atoms with E-state index in [0.717, 1.165) is 4.47 Å². The highest BCUT2D eigenvalue weighted by atomic mass is 79.9. The maximum atomic E-state index is 11.7. The van der Waals surface area contributed by atoms with Crippen molar-refractivity contribution in [2.24, 2.45) is 0 Å². The smallest absolute Gasteiger partial charge is 0.412 e. The van der Waals surface area contributed by atoms with E-state index in [2.05, 4.69) is 21.2 Å². The van der Waals surface area contributed by atoms with Crippen molar-refractivity contribution in [3.63, 3.8) is 0 Å². The van der Waals surface area contributed by atoms with Crippen LogP contribution >= 0.6 is 15.9 Å². The molecule has 0 unspecified atom stereocenters. The molecule has 0 radical (unpaired) electrons. The van der Waals surface area contributed by atoms with E-state index in [1.54, 1.807) is 32.9 Å². The van der Waals surface area contributed by atoms with Gasteiger partial charge in [-0.2, -0.15) is 0 Å². The topological polar surface area (TPSA) is 73.6 Å².